The molecule has 0 amide bonds. The largest absolute Gasteiger partial charge is 0.299 e. The summed E-state index contributed by atoms with van der Waals surface area (Å²) in [6.45, 7) is 0. The zero-order valence-corrected chi connectivity index (χ0v) is 7.59. The Morgan fingerprint density at radius 2 is 1.14 bits per heavy atom. The summed E-state index contributed by atoms with van der Waals surface area (Å²) in [4.78, 5) is 24.0. The summed E-state index contributed by atoms with van der Waals surface area (Å²) in [5, 5.41) is 0. The van der Waals surface area contributed by atoms with Crippen LogP contribution in [0, 0.1) is 47.3 Å². The topological polar surface area (TPSA) is 34.1 Å². The molecule has 2 heteroatoms. The van der Waals surface area contributed by atoms with Gasteiger partial charge in [-0.2, -0.15) is 0 Å². The minimum Gasteiger partial charge on any atom is -0.299 e. The van der Waals surface area contributed by atoms with Crippen molar-refractivity contribution in [2.24, 2.45) is 47.3 Å². The summed E-state index contributed by atoms with van der Waals surface area (Å²) in [5.74, 6) is 3.50. The lowest BCUT2D eigenvalue weighted by molar-refractivity contribution is -0.145. The van der Waals surface area contributed by atoms with Crippen molar-refractivity contribution in [2.75, 3.05) is 0 Å². The zero-order valence-electron chi connectivity index (χ0n) is 7.59. The average molecular weight is 186 g/mol. The van der Waals surface area contributed by atoms with Gasteiger partial charge >= 0.3 is 0 Å². The molecule has 14 heavy (non-hydrogen) atoms. The van der Waals surface area contributed by atoms with E-state index < -0.39 is 0 Å². The fourth-order valence-corrected chi connectivity index (χ4v) is 5.43. The lowest BCUT2D eigenvalue weighted by Gasteiger charge is -2.50. The molecule has 4 aliphatic rings. The molecule has 3 fully saturated rings. The van der Waals surface area contributed by atoms with E-state index >= 15 is 0 Å². The van der Waals surface area contributed by atoms with Gasteiger partial charge in [0.05, 0.1) is 0 Å². The zero-order chi connectivity index (χ0) is 9.19. The van der Waals surface area contributed by atoms with E-state index in [0.717, 1.165) is 0 Å². The number of carbonyl (C=O) groups excluding carboxylic acids is 2. The van der Waals surface area contributed by atoms with Crippen LogP contribution in [-0.4, -0.2) is 11.6 Å². The van der Waals surface area contributed by atoms with E-state index in [0.29, 0.717) is 35.2 Å². The first-order valence-electron chi connectivity index (χ1n) is 5.56. The fourth-order valence-electron chi connectivity index (χ4n) is 5.43. The SMILES string of the molecule is O=C1[C@@H]2[C@@H]3C=C[C@@H]4[C@@H]2C(=O)[C@@H]2[C@@H]1[C@@H]3[C@H]42. The van der Waals surface area contributed by atoms with Gasteiger partial charge in [-0.1, -0.05) is 12.2 Å². The summed E-state index contributed by atoms with van der Waals surface area (Å²) in [6, 6.07) is 0. The Kier molecular flexibility index (Phi) is 0.718. The third-order valence-corrected chi connectivity index (χ3v) is 5.64. The van der Waals surface area contributed by atoms with Gasteiger partial charge in [0, 0.05) is 23.7 Å². The Bertz CT molecular complexity index is 396. The van der Waals surface area contributed by atoms with Crippen LogP contribution in [0.4, 0.5) is 0 Å². The van der Waals surface area contributed by atoms with Crippen LogP contribution in [0.5, 0.6) is 0 Å². The lowest BCUT2D eigenvalue weighted by Crippen LogP contribution is -2.50. The molecule has 0 aromatic rings. The maximum Gasteiger partial charge on any atom is 0.141 e. The number of hydrogen-bond acceptors (Lipinski definition) is 2. The van der Waals surface area contributed by atoms with Crippen LogP contribution in [0.25, 0.3) is 0 Å². The van der Waals surface area contributed by atoms with Gasteiger partial charge < -0.3 is 0 Å². The molecule has 0 radical (unpaired) electrons. The number of ketones is 2. The standard InChI is InChI=1S/C12H10O2/c13-11-7-3-1-2-4-6-5(3)9(11)10(6)12(14)8(4)7/h1-10H/t3-,4+,5-,6-,7-,8+,9-,10-/m0/s1. The molecule has 0 bridgehead atoms. The van der Waals surface area contributed by atoms with E-state index in [-0.39, 0.29) is 23.7 Å². The molecule has 0 aromatic heterocycles. The van der Waals surface area contributed by atoms with Crippen LogP contribution >= 0.6 is 0 Å². The van der Waals surface area contributed by atoms with Gasteiger partial charge in [-0.05, 0) is 23.7 Å². The highest BCUT2D eigenvalue weighted by Crippen LogP contribution is 2.75. The summed E-state index contributed by atoms with van der Waals surface area (Å²) in [6.07, 6.45) is 4.47. The van der Waals surface area contributed by atoms with Crippen molar-refractivity contribution in [3.63, 3.8) is 0 Å². The van der Waals surface area contributed by atoms with Gasteiger partial charge in [0.15, 0.2) is 0 Å². The Morgan fingerprint density at radius 1 is 0.714 bits per heavy atom. The summed E-state index contributed by atoms with van der Waals surface area (Å²) in [5.41, 5.74) is 0. The van der Waals surface area contributed by atoms with Gasteiger partial charge in [-0.15, -0.1) is 0 Å². The van der Waals surface area contributed by atoms with Crippen molar-refractivity contribution in [3.8, 4) is 0 Å². The van der Waals surface area contributed by atoms with Crippen molar-refractivity contribution in [1.29, 1.82) is 0 Å². The highest BCUT2D eigenvalue weighted by atomic mass is 16.1. The van der Waals surface area contributed by atoms with Crippen LogP contribution in [0.3, 0.4) is 0 Å². The predicted molar refractivity (Wildman–Crippen MR) is 47.1 cm³/mol. The van der Waals surface area contributed by atoms with E-state index in [1.54, 1.807) is 0 Å². The number of hydrogen-bond donors (Lipinski definition) is 0. The maximum atomic E-state index is 12.0. The third-order valence-electron chi connectivity index (χ3n) is 5.64. The number of carbonyl (C=O) groups is 2. The molecule has 3 saturated carbocycles. The monoisotopic (exact) mass is 186 g/mol. The summed E-state index contributed by atoms with van der Waals surface area (Å²) < 4.78 is 0. The quantitative estimate of drug-likeness (QED) is 0.412. The van der Waals surface area contributed by atoms with E-state index in [9.17, 15) is 9.59 Å². The molecule has 0 aliphatic heterocycles. The van der Waals surface area contributed by atoms with Gasteiger partial charge in [0.25, 0.3) is 0 Å². The second-order valence-electron chi connectivity index (χ2n) is 5.60. The first-order valence-corrected chi connectivity index (χ1v) is 5.56. The molecule has 0 spiro atoms. The van der Waals surface area contributed by atoms with Gasteiger partial charge in [-0.25, -0.2) is 0 Å². The van der Waals surface area contributed by atoms with Crippen LogP contribution < -0.4 is 0 Å². The van der Waals surface area contributed by atoms with Crippen LogP contribution in [0.15, 0.2) is 12.2 Å². The van der Waals surface area contributed by atoms with Crippen LogP contribution in [-0.2, 0) is 9.59 Å². The Labute approximate surface area is 81.4 Å². The minimum atomic E-state index is 0.113. The van der Waals surface area contributed by atoms with Gasteiger partial charge in [0.1, 0.15) is 11.6 Å². The van der Waals surface area contributed by atoms with Gasteiger partial charge in [0.2, 0.25) is 0 Å². The molecule has 0 N–H and O–H groups in total. The second kappa shape index (κ2) is 1.54. The van der Waals surface area contributed by atoms with E-state index in [1.165, 1.54) is 0 Å². The molecule has 4 aliphatic carbocycles. The smallest absolute Gasteiger partial charge is 0.141 e. The Hall–Kier alpha value is -0.920. The number of Topliss-reactive ketones (excluding diaryl/α,β-unsaturated/α-hetero) is 2. The summed E-state index contributed by atoms with van der Waals surface area (Å²) in [7, 11) is 0. The second-order valence-corrected chi connectivity index (χ2v) is 5.60. The normalized spacial score (nSPS) is 69.4. The van der Waals surface area contributed by atoms with E-state index in [4.69, 9.17) is 0 Å². The Balaban J connectivity index is 1.91. The number of fused-ring (bicyclic) bond motifs is 9. The molecule has 8 atom stereocenters. The molecule has 4 rings (SSSR count). The summed E-state index contributed by atoms with van der Waals surface area (Å²) >= 11 is 0. The predicted octanol–water partition coefficient (Wildman–Crippen LogP) is 0.678. The number of allylic oxidation sites excluding steroid dienone is 2. The molecule has 0 heterocycles. The van der Waals surface area contributed by atoms with Crippen LogP contribution in [0.1, 0.15) is 0 Å². The van der Waals surface area contributed by atoms with Crippen molar-refractivity contribution < 1.29 is 9.59 Å². The molecule has 2 nitrogen and oxygen atoms in total. The Morgan fingerprint density at radius 3 is 1.57 bits per heavy atom. The minimum absolute atomic E-state index is 0.113. The van der Waals surface area contributed by atoms with Crippen molar-refractivity contribution in [2.45, 2.75) is 0 Å². The lowest BCUT2D eigenvalue weighted by atomic mass is 9.52. The average Bonchev–Trinajstić information content (AvgIpc) is 2.40. The molecular formula is C12H10O2. The first-order chi connectivity index (χ1) is 6.80. The maximum absolute atomic E-state index is 12.0. The molecule has 0 aromatic carbocycles. The number of rotatable bonds is 0. The van der Waals surface area contributed by atoms with E-state index in [1.807, 2.05) is 0 Å². The molecular weight excluding hydrogens is 176 g/mol. The van der Waals surface area contributed by atoms with Crippen molar-refractivity contribution >= 4 is 11.6 Å². The first kappa shape index (κ1) is 6.54. The highest BCUT2D eigenvalue weighted by molar-refractivity contribution is 6.06. The fraction of sp³-hybridized carbons (Fsp3) is 0.667. The third kappa shape index (κ3) is 0.358. The van der Waals surface area contributed by atoms with Gasteiger partial charge in [-0.3, -0.25) is 9.59 Å². The van der Waals surface area contributed by atoms with Crippen molar-refractivity contribution in [3.05, 3.63) is 12.2 Å². The molecule has 0 unspecified atom stereocenters. The van der Waals surface area contributed by atoms with E-state index in [2.05, 4.69) is 12.2 Å². The molecule has 70 valence electrons. The van der Waals surface area contributed by atoms with Crippen molar-refractivity contribution in [1.82, 2.24) is 0 Å². The molecule has 0 saturated heterocycles. The highest BCUT2D eigenvalue weighted by Gasteiger charge is 2.80. The van der Waals surface area contributed by atoms with Crippen LogP contribution in [0.2, 0.25) is 0 Å².